The zero-order valence-electron chi connectivity index (χ0n) is 14.2. The van der Waals surface area contributed by atoms with Gasteiger partial charge in [-0.2, -0.15) is 9.29 Å². The van der Waals surface area contributed by atoms with Crippen LogP contribution in [0.25, 0.3) is 0 Å². The van der Waals surface area contributed by atoms with Crippen LogP contribution in [-0.4, -0.2) is 42.1 Å². The van der Waals surface area contributed by atoms with Crippen molar-refractivity contribution in [3.05, 3.63) is 41.8 Å². The van der Waals surface area contributed by atoms with Crippen molar-refractivity contribution < 1.29 is 22.1 Å². The zero-order chi connectivity index (χ0) is 18.1. The third-order valence-electron chi connectivity index (χ3n) is 4.72. The fourth-order valence-corrected chi connectivity index (χ4v) is 4.49. The SMILES string of the molecule is O=S(=O)(c1ccc(F)cc1)N1CCC(OCc2nc(C3CC3)no2)CC1. The summed E-state index contributed by atoms with van der Waals surface area (Å²) in [5.74, 6) is 1.20. The predicted octanol–water partition coefficient (Wildman–Crippen LogP) is 2.46. The molecule has 0 unspecified atom stereocenters. The second-order valence-electron chi connectivity index (χ2n) is 6.69. The number of piperidine rings is 1. The molecule has 26 heavy (non-hydrogen) atoms. The molecule has 1 aromatic carbocycles. The minimum Gasteiger partial charge on any atom is -0.368 e. The Morgan fingerprint density at radius 2 is 1.85 bits per heavy atom. The van der Waals surface area contributed by atoms with E-state index < -0.39 is 15.8 Å². The maximum Gasteiger partial charge on any atom is 0.252 e. The van der Waals surface area contributed by atoms with Gasteiger partial charge < -0.3 is 9.26 Å². The van der Waals surface area contributed by atoms with Gasteiger partial charge in [-0.05, 0) is 49.9 Å². The molecule has 1 aliphatic carbocycles. The fraction of sp³-hybridized carbons (Fsp3) is 0.529. The number of benzene rings is 1. The molecular formula is C17H20FN3O4S. The maximum absolute atomic E-state index is 13.0. The number of rotatable bonds is 6. The summed E-state index contributed by atoms with van der Waals surface area (Å²) in [6.07, 6.45) is 3.35. The molecule has 1 saturated heterocycles. The van der Waals surface area contributed by atoms with E-state index in [4.69, 9.17) is 9.26 Å². The highest BCUT2D eigenvalue weighted by atomic mass is 32.2. The summed E-state index contributed by atoms with van der Waals surface area (Å²) in [6.45, 7) is 0.970. The first-order valence-corrected chi connectivity index (χ1v) is 10.2. The minimum atomic E-state index is -3.60. The lowest BCUT2D eigenvalue weighted by molar-refractivity contribution is -0.00119. The van der Waals surface area contributed by atoms with Crippen molar-refractivity contribution in [2.45, 2.75) is 49.2 Å². The summed E-state index contributed by atoms with van der Waals surface area (Å²) >= 11 is 0. The second-order valence-corrected chi connectivity index (χ2v) is 8.63. The van der Waals surface area contributed by atoms with Gasteiger partial charge in [-0.15, -0.1) is 0 Å². The molecular weight excluding hydrogens is 361 g/mol. The Hall–Kier alpha value is -1.84. The van der Waals surface area contributed by atoms with Crippen molar-refractivity contribution in [3.63, 3.8) is 0 Å². The Labute approximate surface area is 151 Å². The van der Waals surface area contributed by atoms with Gasteiger partial charge in [0.2, 0.25) is 10.0 Å². The first-order valence-electron chi connectivity index (χ1n) is 8.72. The van der Waals surface area contributed by atoms with Gasteiger partial charge in [-0.1, -0.05) is 5.16 Å². The molecule has 2 fully saturated rings. The highest BCUT2D eigenvalue weighted by Crippen LogP contribution is 2.38. The lowest BCUT2D eigenvalue weighted by Crippen LogP contribution is -2.40. The third kappa shape index (κ3) is 3.79. The lowest BCUT2D eigenvalue weighted by Gasteiger charge is -2.30. The van der Waals surface area contributed by atoms with E-state index in [9.17, 15) is 12.8 Å². The molecule has 0 radical (unpaired) electrons. The molecule has 9 heteroatoms. The smallest absolute Gasteiger partial charge is 0.252 e. The van der Waals surface area contributed by atoms with Crippen LogP contribution in [0, 0.1) is 5.82 Å². The number of hydrogen-bond acceptors (Lipinski definition) is 6. The van der Waals surface area contributed by atoms with Crippen molar-refractivity contribution >= 4 is 10.0 Å². The molecule has 0 bridgehead atoms. The van der Waals surface area contributed by atoms with Crippen LogP contribution in [-0.2, 0) is 21.4 Å². The number of nitrogens with zero attached hydrogens (tertiary/aromatic N) is 3. The van der Waals surface area contributed by atoms with Crippen molar-refractivity contribution in [1.82, 2.24) is 14.4 Å². The lowest BCUT2D eigenvalue weighted by atomic mass is 10.1. The number of sulfonamides is 1. The number of aromatic nitrogens is 2. The maximum atomic E-state index is 13.0. The van der Waals surface area contributed by atoms with Gasteiger partial charge in [0.05, 0.1) is 11.0 Å². The summed E-state index contributed by atoms with van der Waals surface area (Å²) < 4.78 is 50.6. The first kappa shape index (κ1) is 17.6. The van der Waals surface area contributed by atoms with Crippen LogP contribution in [0.5, 0.6) is 0 Å². The average molecular weight is 381 g/mol. The Morgan fingerprint density at radius 3 is 2.50 bits per heavy atom. The second kappa shape index (κ2) is 7.05. The summed E-state index contributed by atoms with van der Waals surface area (Å²) in [5.41, 5.74) is 0. The first-order chi connectivity index (χ1) is 12.5. The minimum absolute atomic E-state index is 0.0501. The van der Waals surface area contributed by atoms with Crippen molar-refractivity contribution in [2.75, 3.05) is 13.1 Å². The van der Waals surface area contributed by atoms with Crippen LogP contribution in [0.1, 0.15) is 43.3 Å². The number of ether oxygens (including phenoxy) is 1. The Kier molecular flexibility index (Phi) is 4.76. The molecule has 0 atom stereocenters. The molecule has 2 heterocycles. The summed E-state index contributed by atoms with van der Waals surface area (Å²) in [4.78, 5) is 4.43. The number of hydrogen-bond donors (Lipinski definition) is 0. The highest BCUT2D eigenvalue weighted by molar-refractivity contribution is 7.89. The molecule has 7 nitrogen and oxygen atoms in total. The van der Waals surface area contributed by atoms with Gasteiger partial charge in [0.15, 0.2) is 5.82 Å². The van der Waals surface area contributed by atoms with Crippen LogP contribution in [0.3, 0.4) is 0 Å². The van der Waals surface area contributed by atoms with Crippen LogP contribution >= 0.6 is 0 Å². The van der Waals surface area contributed by atoms with E-state index in [-0.39, 0.29) is 17.6 Å². The quantitative estimate of drug-likeness (QED) is 0.764. The highest BCUT2D eigenvalue weighted by Gasteiger charge is 2.31. The molecule has 1 aromatic heterocycles. The third-order valence-corrected chi connectivity index (χ3v) is 6.63. The standard InChI is InChI=1S/C17H20FN3O4S/c18-13-3-5-15(6-4-13)26(22,23)21-9-7-14(8-10-21)24-11-16-19-17(20-25-16)12-1-2-12/h3-6,12,14H,1-2,7-11H2. The van der Waals surface area contributed by atoms with Crippen LogP contribution in [0.2, 0.25) is 0 Å². The average Bonchev–Trinajstić information content (AvgIpc) is 3.39. The van der Waals surface area contributed by atoms with Gasteiger partial charge in [-0.3, -0.25) is 0 Å². The van der Waals surface area contributed by atoms with Crippen molar-refractivity contribution in [3.8, 4) is 0 Å². The van der Waals surface area contributed by atoms with Crippen LogP contribution in [0.15, 0.2) is 33.7 Å². The van der Waals surface area contributed by atoms with Crippen LogP contribution in [0.4, 0.5) is 4.39 Å². The van der Waals surface area contributed by atoms with Gasteiger partial charge in [0.1, 0.15) is 12.4 Å². The van der Waals surface area contributed by atoms with Gasteiger partial charge in [-0.25, -0.2) is 12.8 Å². The Balaban J connectivity index is 1.29. The molecule has 4 rings (SSSR count). The molecule has 2 aliphatic rings. The largest absolute Gasteiger partial charge is 0.368 e. The van der Waals surface area contributed by atoms with E-state index in [0.29, 0.717) is 37.7 Å². The molecule has 1 aliphatic heterocycles. The normalized spacial score (nSPS) is 19.7. The monoisotopic (exact) mass is 381 g/mol. The molecule has 0 amide bonds. The topological polar surface area (TPSA) is 85.5 Å². The van der Waals surface area contributed by atoms with Crippen LogP contribution < -0.4 is 0 Å². The van der Waals surface area contributed by atoms with Gasteiger partial charge in [0.25, 0.3) is 5.89 Å². The number of halogens is 1. The zero-order valence-corrected chi connectivity index (χ0v) is 15.0. The van der Waals surface area contributed by atoms with Crippen molar-refractivity contribution in [1.29, 1.82) is 0 Å². The summed E-state index contributed by atoms with van der Waals surface area (Å²) in [6, 6.07) is 4.90. The summed E-state index contributed by atoms with van der Waals surface area (Å²) in [7, 11) is -3.60. The van der Waals surface area contributed by atoms with Crippen molar-refractivity contribution in [2.24, 2.45) is 0 Å². The van der Waals surface area contributed by atoms with Gasteiger partial charge >= 0.3 is 0 Å². The predicted molar refractivity (Wildman–Crippen MR) is 89.2 cm³/mol. The van der Waals surface area contributed by atoms with E-state index in [1.807, 2.05) is 0 Å². The van der Waals surface area contributed by atoms with E-state index in [0.717, 1.165) is 30.8 Å². The van der Waals surface area contributed by atoms with Gasteiger partial charge in [0, 0.05) is 19.0 Å². The van der Waals surface area contributed by atoms with E-state index in [1.165, 1.54) is 16.4 Å². The molecule has 0 spiro atoms. The summed E-state index contributed by atoms with van der Waals surface area (Å²) in [5, 5.41) is 3.95. The molecule has 2 aromatic rings. The Bertz CT molecular complexity index is 856. The fourth-order valence-electron chi connectivity index (χ4n) is 3.02. The van der Waals surface area contributed by atoms with E-state index in [2.05, 4.69) is 10.1 Å². The molecule has 0 N–H and O–H groups in total. The Morgan fingerprint density at radius 1 is 1.15 bits per heavy atom. The van der Waals surface area contributed by atoms with E-state index in [1.54, 1.807) is 0 Å². The van der Waals surface area contributed by atoms with E-state index >= 15 is 0 Å². The molecule has 140 valence electrons. The molecule has 1 saturated carbocycles.